The van der Waals surface area contributed by atoms with Crippen LogP contribution in [0.15, 0.2) is 24.3 Å². The van der Waals surface area contributed by atoms with Gasteiger partial charge in [0.1, 0.15) is 5.69 Å². The van der Waals surface area contributed by atoms with Crippen molar-refractivity contribution in [2.75, 3.05) is 0 Å². The van der Waals surface area contributed by atoms with E-state index in [-0.39, 0.29) is 10.9 Å². The van der Waals surface area contributed by atoms with E-state index < -0.39 is 29.2 Å². The van der Waals surface area contributed by atoms with E-state index >= 15 is 0 Å². The second-order valence-electron chi connectivity index (χ2n) is 3.89. The summed E-state index contributed by atoms with van der Waals surface area (Å²) in [5.41, 5.74) is -3.19. The largest absolute Gasteiger partial charge is 0.433 e. The minimum Gasteiger partial charge on any atom is -0.243 e. The Morgan fingerprint density at radius 2 is 1.60 bits per heavy atom. The molecule has 1 aromatic heterocycles. The third kappa shape index (κ3) is 2.52. The molecule has 0 fully saturated rings. The molecule has 0 saturated carbocycles. The van der Waals surface area contributed by atoms with E-state index in [1.165, 1.54) is 6.07 Å². The van der Waals surface area contributed by atoms with Crippen molar-refractivity contribution in [3.8, 4) is 6.07 Å². The van der Waals surface area contributed by atoms with Gasteiger partial charge in [-0.05, 0) is 24.3 Å². The smallest absolute Gasteiger partial charge is 0.243 e. The number of pyridine rings is 1. The minimum absolute atomic E-state index is 0.268. The molecule has 0 bridgehead atoms. The maximum atomic E-state index is 12.5. The molecule has 0 aliphatic heterocycles. The molecule has 0 radical (unpaired) electrons. The first-order valence-electron chi connectivity index (χ1n) is 5.12. The highest BCUT2D eigenvalue weighted by Gasteiger charge is 2.34. The van der Waals surface area contributed by atoms with Crippen LogP contribution in [-0.2, 0) is 12.4 Å². The van der Waals surface area contributed by atoms with Crippen LogP contribution in [0.2, 0.25) is 0 Å². The van der Waals surface area contributed by atoms with E-state index in [0.717, 1.165) is 6.07 Å². The van der Waals surface area contributed by atoms with Crippen molar-refractivity contribution >= 4 is 10.9 Å². The van der Waals surface area contributed by atoms with E-state index in [9.17, 15) is 26.3 Å². The first-order valence-corrected chi connectivity index (χ1v) is 5.12. The number of nitriles is 1. The lowest BCUT2D eigenvalue weighted by atomic mass is 10.1. The van der Waals surface area contributed by atoms with E-state index in [2.05, 4.69) is 4.98 Å². The van der Waals surface area contributed by atoms with Crippen LogP contribution in [0.3, 0.4) is 0 Å². The Bertz CT molecular complexity index is 709. The number of hydrogen-bond donors (Lipinski definition) is 0. The average molecular weight is 290 g/mol. The van der Waals surface area contributed by atoms with Gasteiger partial charge in [0.15, 0.2) is 0 Å². The molecule has 2 aromatic rings. The van der Waals surface area contributed by atoms with Crippen molar-refractivity contribution in [3.63, 3.8) is 0 Å². The van der Waals surface area contributed by atoms with Crippen LogP contribution in [0.4, 0.5) is 26.3 Å². The van der Waals surface area contributed by atoms with E-state index in [0.29, 0.717) is 18.2 Å². The predicted molar refractivity (Wildman–Crippen MR) is 56.5 cm³/mol. The normalized spacial score (nSPS) is 12.4. The molecule has 20 heavy (non-hydrogen) atoms. The fraction of sp³-hybridized carbons (Fsp3) is 0.167. The van der Waals surface area contributed by atoms with Gasteiger partial charge in [-0.2, -0.15) is 31.6 Å². The quantitative estimate of drug-likeness (QED) is 0.683. The molecule has 0 unspecified atom stereocenters. The molecule has 0 amide bonds. The van der Waals surface area contributed by atoms with Crippen molar-refractivity contribution in [1.82, 2.24) is 4.98 Å². The third-order valence-electron chi connectivity index (χ3n) is 2.55. The van der Waals surface area contributed by atoms with Crippen molar-refractivity contribution < 1.29 is 26.3 Å². The lowest BCUT2D eigenvalue weighted by molar-refractivity contribution is -0.141. The molecule has 2 nitrogen and oxygen atoms in total. The molecule has 1 aromatic carbocycles. The van der Waals surface area contributed by atoms with E-state index in [1.54, 1.807) is 0 Å². The van der Waals surface area contributed by atoms with Gasteiger partial charge in [-0.3, -0.25) is 0 Å². The van der Waals surface area contributed by atoms with Crippen molar-refractivity contribution in [2.45, 2.75) is 12.4 Å². The molecule has 0 aliphatic carbocycles. The predicted octanol–water partition coefficient (Wildman–Crippen LogP) is 4.14. The second-order valence-corrected chi connectivity index (χ2v) is 3.89. The Kier molecular flexibility index (Phi) is 3.08. The molecule has 2 rings (SSSR count). The third-order valence-corrected chi connectivity index (χ3v) is 2.55. The van der Waals surface area contributed by atoms with Crippen LogP contribution in [0.1, 0.15) is 16.8 Å². The summed E-state index contributed by atoms with van der Waals surface area (Å²) in [7, 11) is 0. The summed E-state index contributed by atoms with van der Waals surface area (Å²) in [6.45, 7) is 0. The van der Waals surface area contributed by atoms with Gasteiger partial charge in [-0.15, -0.1) is 0 Å². The van der Waals surface area contributed by atoms with Crippen molar-refractivity contribution in [2.24, 2.45) is 0 Å². The number of rotatable bonds is 0. The number of benzene rings is 1. The van der Waals surface area contributed by atoms with Gasteiger partial charge in [0.05, 0.1) is 22.7 Å². The lowest BCUT2D eigenvalue weighted by Gasteiger charge is -2.11. The van der Waals surface area contributed by atoms with Crippen LogP contribution in [0.25, 0.3) is 10.9 Å². The molecule has 0 spiro atoms. The fourth-order valence-electron chi connectivity index (χ4n) is 1.64. The SMILES string of the molecule is N#Cc1cc(C(F)(F)F)nc2ccc(C(F)(F)F)cc12. The molecular formula is C12H4F6N2. The summed E-state index contributed by atoms with van der Waals surface area (Å²) in [6.07, 6.45) is -9.42. The van der Waals surface area contributed by atoms with Crippen molar-refractivity contribution in [3.05, 3.63) is 41.1 Å². The van der Waals surface area contributed by atoms with Gasteiger partial charge < -0.3 is 0 Å². The highest BCUT2D eigenvalue weighted by Crippen LogP contribution is 2.34. The minimum atomic E-state index is -4.78. The van der Waals surface area contributed by atoms with Crippen molar-refractivity contribution in [1.29, 1.82) is 5.26 Å². The Labute approximate surface area is 108 Å². The molecule has 0 N–H and O–H groups in total. The first-order chi connectivity index (χ1) is 9.13. The lowest BCUT2D eigenvalue weighted by Crippen LogP contribution is -2.09. The number of aromatic nitrogens is 1. The summed E-state index contributed by atoms with van der Waals surface area (Å²) in [5, 5.41) is 8.52. The highest BCUT2D eigenvalue weighted by molar-refractivity contribution is 5.85. The van der Waals surface area contributed by atoms with Gasteiger partial charge in [0, 0.05) is 5.39 Å². The maximum Gasteiger partial charge on any atom is 0.433 e. The molecule has 1 heterocycles. The number of fused-ring (bicyclic) bond motifs is 1. The summed E-state index contributed by atoms with van der Waals surface area (Å²) in [5.74, 6) is 0. The van der Waals surface area contributed by atoms with Crippen LogP contribution in [0, 0.1) is 11.3 Å². The van der Waals surface area contributed by atoms with Gasteiger partial charge in [-0.1, -0.05) is 0 Å². The fourth-order valence-corrected chi connectivity index (χ4v) is 1.64. The van der Waals surface area contributed by atoms with Gasteiger partial charge in [0.25, 0.3) is 0 Å². The Hall–Kier alpha value is -2.30. The maximum absolute atomic E-state index is 12.5. The van der Waals surface area contributed by atoms with Gasteiger partial charge in [0.2, 0.25) is 0 Å². The topological polar surface area (TPSA) is 36.7 Å². The number of halogens is 6. The summed E-state index contributed by atoms with van der Waals surface area (Å²) in [4.78, 5) is 3.23. The van der Waals surface area contributed by atoms with Crippen LogP contribution in [0.5, 0.6) is 0 Å². The zero-order valence-electron chi connectivity index (χ0n) is 9.47. The second kappa shape index (κ2) is 4.37. The first kappa shape index (κ1) is 14.1. The molecule has 104 valence electrons. The molecule has 0 aliphatic rings. The van der Waals surface area contributed by atoms with E-state index in [4.69, 9.17) is 5.26 Å². The molecular weight excluding hydrogens is 286 g/mol. The monoisotopic (exact) mass is 290 g/mol. The highest BCUT2D eigenvalue weighted by atomic mass is 19.4. The standard InChI is InChI=1S/C12H4F6N2/c13-11(14,15)7-1-2-9-8(4-7)6(5-19)3-10(20-9)12(16,17)18/h1-4H. The number of hydrogen-bond acceptors (Lipinski definition) is 2. The van der Waals surface area contributed by atoms with Crippen LogP contribution >= 0.6 is 0 Å². The average Bonchev–Trinajstić information content (AvgIpc) is 2.34. The van der Waals surface area contributed by atoms with Crippen LogP contribution < -0.4 is 0 Å². The molecule has 0 atom stereocenters. The Balaban J connectivity index is 2.76. The summed E-state index contributed by atoms with van der Waals surface area (Å²) >= 11 is 0. The number of nitrogens with zero attached hydrogens (tertiary/aromatic N) is 2. The zero-order chi connectivity index (χ0) is 15.1. The summed E-state index contributed by atoms with van der Waals surface area (Å²) in [6, 6.07) is 3.93. The molecule has 8 heteroatoms. The summed E-state index contributed by atoms with van der Waals surface area (Å²) < 4.78 is 75.3. The molecule has 0 saturated heterocycles. The zero-order valence-corrected chi connectivity index (χ0v) is 9.47. The number of alkyl halides is 6. The Morgan fingerprint density at radius 3 is 2.10 bits per heavy atom. The van der Waals surface area contributed by atoms with Gasteiger partial charge in [-0.25, -0.2) is 4.98 Å². The van der Waals surface area contributed by atoms with Gasteiger partial charge >= 0.3 is 12.4 Å². The van der Waals surface area contributed by atoms with E-state index in [1.807, 2.05) is 0 Å². The van der Waals surface area contributed by atoms with Crippen LogP contribution in [-0.4, -0.2) is 4.98 Å². The Morgan fingerprint density at radius 1 is 0.950 bits per heavy atom.